The molecule has 0 aliphatic rings. The number of rotatable bonds is 5. The van der Waals surface area contributed by atoms with Gasteiger partial charge < -0.3 is 0 Å². The summed E-state index contributed by atoms with van der Waals surface area (Å²) in [4.78, 5) is 0. The number of hydrogen-bond donors (Lipinski definition) is 0. The van der Waals surface area contributed by atoms with Crippen LogP contribution in [-0.2, 0) is 0 Å². The molecule has 0 fully saturated rings. The van der Waals surface area contributed by atoms with E-state index in [9.17, 15) is 0 Å². The molecule has 0 nitrogen and oxygen atoms in total. The van der Waals surface area contributed by atoms with E-state index in [-0.39, 0.29) is 0 Å². The molecule has 0 aromatic heterocycles. The Kier molecular flexibility index (Phi) is 6.30. The van der Waals surface area contributed by atoms with Crippen LogP contribution in [0.1, 0.15) is 47.0 Å². The van der Waals surface area contributed by atoms with Crippen LogP contribution in [-0.4, -0.2) is 0 Å². The molecule has 0 aromatic carbocycles. The van der Waals surface area contributed by atoms with Gasteiger partial charge in [0.1, 0.15) is 0 Å². The standard InChI is InChI=1S/C11H22/c1-5-9-11(8-4)10(6-2)7-3/h5,9-11H,6-8H2,1-4H3/b9-5-. The van der Waals surface area contributed by atoms with E-state index in [1.807, 2.05) is 0 Å². The van der Waals surface area contributed by atoms with Crippen molar-refractivity contribution in [3.05, 3.63) is 12.2 Å². The van der Waals surface area contributed by atoms with E-state index in [0.29, 0.717) is 0 Å². The molecule has 0 rings (SSSR count). The fourth-order valence-corrected chi connectivity index (χ4v) is 1.77. The van der Waals surface area contributed by atoms with Gasteiger partial charge in [-0.25, -0.2) is 0 Å². The number of hydrogen-bond acceptors (Lipinski definition) is 0. The van der Waals surface area contributed by atoms with Crippen molar-refractivity contribution < 1.29 is 0 Å². The third-order valence-electron chi connectivity index (χ3n) is 2.57. The molecule has 11 heavy (non-hydrogen) atoms. The van der Waals surface area contributed by atoms with Crippen molar-refractivity contribution in [1.29, 1.82) is 0 Å². The Morgan fingerprint density at radius 3 is 1.82 bits per heavy atom. The Labute approximate surface area is 71.7 Å². The average Bonchev–Trinajstić information content (AvgIpc) is 2.05. The molecule has 0 radical (unpaired) electrons. The molecule has 0 saturated carbocycles. The maximum atomic E-state index is 2.36. The molecule has 0 saturated heterocycles. The summed E-state index contributed by atoms with van der Waals surface area (Å²) >= 11 is 0. The van der Waals surface area contributed by atoms with Gasteiger partial charge in [0.15, 0.2) is 0 Å². The van der Waals surface area contributed by atoms with Crippen molar-refractivity contribution in [1.82, 2.24) is 0 Å². The van der Waals surface area contributed by atoms with Gasteiger partial charge in [0.2, 0.25) is 0 Å². The predicted molar refractivity (Wildman–Crippen MR) is 52.7 cm³/mol. The Bertz CT molecular complexity index is 98.6. The van der Waals surface area contributed by atoms with Gasteiger partial charge in [-0.05, 0) is 25.2 Å². The van der Waals surface area contributed by atoms with E-state index >= 15 is 0 Å². The van der Waals surface area contributed by atoms with Crippen LogP contribution in [0.5, 0.6) is 0 Å². The molecule has 0 amide bonds. The van der Waals surface area contributed by atoms with Crippen LogP contribution in [0.15, 0.2) is 12.2 Å². The average molecular weight is 154 g/mol. The highest BCUT2D eigenvalue weighted by molar-refractivity contribution is 4.88. The van der Waals surface area contributed by atoms with Crippen molar-refractivity contribution in [2.45, 2.75) is 47.0 Å². The fraction of sp³-hybridized carbons (Fsp3) is 0.818. The van der Waals surface area contributed by atoms with Gasteiger partial charge in [-0.2, -0.15) is 0 Å². The van der Waals surface area contributed by atoms with Gasteiger partial charge in [0.25, 0.3) is 0 Å². The smallest absolute Gasteiger partial charge is 0.0208 e. The SMILES string of the molecule is C/C=C\C(CC)C(CC)CC. The third kappa shape index (κ3) is 3.60. The summed E-state index contributed by atoms with van der Waals surface area (Å²) in [7, 11) is 0. The summed E-state index contributed by atoms with van der Waals surface area (Å²) in [5, 5.41) is 0. The van der Waals surface area contributed by atoms with Gasteiger partial charge in [0, 0.05) is 0 Å². The topological polar surface area (TPSA) is 0 Å². The Balaban J connectivity index is 3.97. The van der Waals surface area contributed by atoms with Crippen LogP contribution in [0.3, 0.4) is 0 Å². The summed E-state index contributed by atoms with van der Waals surface area (Å²) in [6.07, 6.45) is 8.47. The van der Waals surface area contributed by atoms with Crippen molar-refractivity contribution in [3.8, 4) is 0 Å². The zero-order valence-corrected chi connectivity index (χ0v) is 8.43. The van der Waals surface area contributed by atoms with Crippen LogP contribution >= 0.6 is 0 Å². The minimum absolute atomic E-state index is 0.815. The second kappa shape index (κ2) is 6.45. The molecule has 1 unspecified atom stereocenters. The summed E-state index contributed by atoms with van der Waals surface area (Å²) in [6.45, 7) is 8.98. The lowest BCUT2D eigenvalue weighted by atomic mass is 9.86. The largest absolute Gasteiger partial charge is 0.0914 e. The Morgan fingerprint density at radius 2 is 1.55 bits per heavy atom. The second-order valence-corrected chi connectivity index (χ2v) is 3.17. The summed E-state index contributed by atoms with van der Waals surface area (Å²) in [5.74, 6) is 1.71. The summed E-state index contributed by atoms with van der Waals surface area (Å²) < 4.78 is 0. The van der Waals surface area contributed by atoms with Crippen molar-refractivity contribution >= 4 is 0 Å². The van der Waals surface area contributed by atoms with E-state index in [0.717, 1.165) is 11.8 Å². The van der Waals surface area contributed by atoms with E-state index in [1.165, 1.54) is 19.3 Å². The minimum Gasteiger partial charge on any atom is -0.0914 e. The Hall–Kier alpha value is -0.260. The van der Waals surface area contributed by atoms with Crippen LogP contribution in [0.25, 0.3) is 0 Å². The predicted octanol–water partition coefficient (Wildman–Crippen LogP) is 4.02. The van der Waals surface area contributed by atoms with Crippen LogP contribution < -0.4 is 0 Å². The Morgan fingerprint density at radius 1 is 1.00 bits per heavy atom. The van der Waals surface area contributed by atoms with E-state index < -0.39 is 0 Å². The van der Waals surface area contributed by atoms with Crippen LogP contribution in [0.4, 0.5) is 0 Å². The molecule has 0 bridgehead atoms. The van der Waals surface area contributed by atoms with Crippen molar-refractivity contribution in [2.75, 3.05) is 0 Å². The monoisotopic (exact) mass is 154 g/mol. The zero-order chi connectivity index (χ0) is 8.69. The fourth-order valence-electron chi connectivity index (χ4n) is 1.77. The molecular formula is C11H22. The van der Waals surface area contributed by atoms with Gasteiger partial charge in [-0.15, -0.1) is 0 Å². The van der Waals surface area contributed by atoms with Crippen molar-refractivity contribution in [2.24, 2.45) is 11.8 Å². The molecule has 66 valence electrons. The highest BCUT2D eigenvalue weighted by Crippen LogP contribution is 2.23. The first-order valence-electron chi connectivity index (χ1n) is 4.92. The summed E-state index contributed by atoms with van der Waals surface area (Å²) in [6, 6.07) is 0. The zero-order valence-electron chi connectivity index (χ0n) is 8.43. The molecule has 0 aliphatic carbocycles. The van der Waals surface area contributed by atoms with E-state index in [2.05, 4.69) is 39.8 Å². The van der Waals surface area contributed by atoms with E-state index in [1.54, 1.807) is 0 Å². The van der Waals surface area contributed by atoms with Crippen LogP contribution in [0, 0.1) is 11.8 Å². The third-order valence-corrected chi connectivity index (χ3v) is 2.57. The molecular weight excluding hydrogens is 132 g/mol. The molecule has 0 aromatic rings. The molecule has 0 heterocycles. The first-order chi connectivity index (χ1) is 5.29. The van der Waals surface area contributed by atoms with Gasteiger partial charge in [-0.3, -0.25) is 0 Å². The molecule has 0 heteroatoms. The molecule has 0 aliphatic heterocycles. The van der Waals surface area contributed by atoms with E-state index in [4.69, 9.17) is 0 Å². The maximum absolute atomic E-state index is 2.36. The number of allylic oxidation sites excluding steroid dienone is 2. The van der Waals surface area contributed by atoms with Gasteiger partial charge in [-0.1, -0.05) is 45.8 Å². The van der Waals surface area contributed by atoms with Gasteiger partial charge >= 0.3 is 0 Å². The lowest BCUT2D eigenvalue weighted by Crippen LogP contribution is -2.09. The molecule has 0 spiro atoms. The van der Waals surface area contributed by atoms with Crippen molar-refractivity contribution in [3.63, 3.8) is 0 Å². The minimum atomic E-state index is 0.815. The summed E-state index contributed by atoms with van der Waals surface area (Å²) in [5.41, 5.74) is 0. The molecule has 1 atom stereocenters. The normalized spacial score (nSPS) is 14.6. The first kappa shape index (κ1) is 10.7. The highest BCUT2D eigenvalue weighted by atomic mass is 14.2. The van der Waals surface area contributed by atoms with Crippen LogP contribution in [0.2, 0.25) is 0 Å². The lowest BCUT2D eigenvalue weighted by Gasteiger charge is -2.20. The van der Waals surface area contributed by atoms with Gasteiger partial charge in [0.05, 0.1) is 0 Å². The first-order valence-corrected chi connectivity index (χ1v) is 4.92. The lowest BCUT2D eigenvalue weighted by molar-refractivity contribution is 0.362. The quantitative estimate of drug-likeness (QED) is 0.524. The maximum Gasteiger partial charge on any atom is -0.0208 e. The highest BCUT2D eigenvalue weighted by Gasteiger charge is 2.12. The molecule has 0 N–H and O–H groups in total. The second-order valence-electron chi connectivity index (χ2n) is 3.17.